The van der Waals surface area contributed by atoms with Crippen LogP contribution >= 0.6 is 0 Å². The van der Waals surface area contributed by atoms with Crippen molar-refractivity contribution in [2.24, 2.45) is 17.6 Å². The summed E-state index contributed by atoms with van der Waals surface area (Å²) in [6, 6.07) is 18.5. The van der Waals surface area contributed by atoms with Crippen molar-refractivity contribution in [3.05, 3.63) is 71.7 Å². The van der Waals surface area contributed by atoms with Gasteiger partial charge in [0.1, 0.15) is 23.1 Å². The minimum Gasteiger partial charge on any atom is -0.365 e. The number of benzene rings is 2. The molecule has 11 heteroatoms. The van der Waals surface area contributed by atoms with E-state index in [0.29, 0.717) is 18.5 Å². The number of hydrogen-bond acceptors (Lipinski definition) is 6. The molecule has 40 heavy (non-hydrogen) atoms. The SMILES string of the molecule is N#CCC1(n2cc(C(N)=O)c(NC(=O)C3CC3C#N)n2)CCN(Cc2ccc(-c3ccccc3)cc2F)CC1F. The number of amides is 2. The van der Waals surface area contributed by atoms with E-state index >= 15 is 4.39 Å². The van der Waals surface area contributed by atoms with Crippen molar-refractivity contribution in [3.8, 4) is 23.3 Å². The van der Waals surface area contributed by atoms with E-state index in [0.717, 1.165) is 11.1 Å². The van der Waals surface area contributed by atoms with Crippen LogP contribution in [0.5, 0.6) is 0 Å². The first-order valence-corrected chi connectivity index (χ1v) is 12.9. The summed E-state index contributed by atoms with van der Waals surface area (Å²) in [6.45, 7) is 0.417. The summed E-state index contributed by atoms with van der Waals surface area (Å²) in [4.78, 5) is 26.4. The number of piperidine rings is 1. The van der Waals surface area contributed by atoms with Crippen molar-refractivity contribution in [1.82, 2.24) is 14.7 Å². The maximum absolute atomic E-state index is 16.0. The van der Waals surface area contributed by atoms with E-state index in [2.05, 4.69) is 10.4 Å². The molecule has 0 spiro atoms. The van der Waals surface area contributed by atoms with Gasteiger partial charge in [-0.1, -0.05) is 42.5 Å². The number of alkyl halides is 1. The van der Waals surface area contributed by atoms with Crippen molar-refractivity contribution in [2.45, 2.75) is 37.5 Å². The van der Waals surface area contributed by atoms with Gasteiger partial charge in [-0.25, -0.2) is 8.78 Å². The lowest BCUT2D eigenvalue weighted by molar-refractivity contribution is -0.117. The Morgan fingerprint density at radius 3 is 2.58 bits per heavy atom. The van der Waals surface area contributed by atoms with Crippen molar-refractivity contribution in [1.29, 1.82) is 10.5 Å². The van der Waals surface area contributed by atoms with Crippen molar-refractivity contribution >= 4 is 17.6 Å². The van der Waals surface area contributed by atoms with E-state index in [9.17, 15) is 19.2 Å². The third kappa shape index (κ3) is 5.16. The molecule has 0 radical (unpaired) electrons. The minimum absolute atomic E-state index is 0.0963. The number of halogens is 2. The van der Waals surface area contributed by atoms with Gasteiger partial charge in [-0.05, 0) is 30.0 Å². The fourth-order valence-electron chi connectivity index (χ4n) is 5.25. The summed E-state index contributed by atoms with van der Waals surface area (Å²) >= 11 is 0. The van der Waals surface area contributed by atoms with E-state index < -0.39 is 41.2 Å². The Labute approximate surface area is 229 Å². The average Bonchev–Trinajstić information content (AvgIpc) is 3.63. The number of carbonyl (C=O) groups excluding carboxylic acids is 2. The Hall–Kier alpha value is -4.61. The molecular weight excluding hydrogens is 516 g/mol. The van der Waals surface area contributed by atoms with Crippen LogP contribution in [0.3, 0.4) is 0 Å². The van der Waals surface area contributed by atoms with Gasteiger partial charge in [0.2, 0.25) is 5.91 Å². The number of nitrogens with two attached hydrogens (primary N) is 1. The number of nitrogens with zero attached hydrogens (tertiary/aromatic N) is 5. The largest absolute Gasteiger partial charge is 0.365 e. The second-order valence-electron chi connectivity index (χ2n) is 10.3. The number of anilines is 1. The lowest BCUT2D eigenvalue weighted by Gasteiger charge is -2.43. The zero-order chi connectivity index (χ0) is 28.4. The summed E-state index contributed by atoms with van der Waals surface area (Å²) in [7, 11) is 0. The summed E-state index contributed by atoms with van der Waals surface area (Å²) in [5.41, 5.74) is 6.03. The van der Waals surface area contributed by atoms with Gasteiger partial charge in [0.25, 0.3) is 5.91 Å². The molecule has 2 aliphatic rings. The highest BCUT2D eigenvalue weighted by Gasteiger charge is 2.47. The first-order valence-electron chi connectivity index (χ1n) is 12.9. The smallest absolute Gasteiger partial charge is 0.254 e. The van der Waals surface area contributed by atoms with Crippen molar-refractivity contribution in [3.63, 3.8) is 0 Å². The third-order valence-electron chi connectivity index (χ3n) is 7.77. The molecule has 0 bridgehead atoms. The topological polar surface area (TPSA) is 141 Å². The van der Waals surface area contributed by atoms with E-state index in [1.807, 2.05) is 48.5 Å². The molecule has 2 fully saturated rings. The van der Waals surface area contributed by atoms with Gasteiger partial charge in [0.05, 0.1) is 30.4 Å². The van der Waals surface area contributed by atoms with E-state index in [4.69, 9.17) is 11.0 Å². The molecule has 2 amide bonds. The lowest BCUT2D eigenvalue weighted by Crippen LogP contribution is -2.54. The van der Waals surface area contributed by atoms with Gasteiger partial charge < -0.3 is 11.1 Å². The molecule has 2 heterocycles. The average molecular weight is 544 g/mol. The summed E-state index contributed by atoms with van der Waals surface area (Å²) < 4.78 is 32.2. The normalized spacial score (nSPS) is 24.1. The maximum Gasteiger partial charge on any atom is 0.254 e. The molecule has 3 N–H and O–H groups in total. The number of nitriles is 2. The van der Waals surface area contributed by atoms with E-state index in [1.54, 1.807) is 11.0 Å². The minimum atomic E-state index is -1.59. The molecule has 1 aromatic heterocycles. The molecule has 5 rings (SSSR count). The predicted octanol–water partition coefficient (Wildman–Crippen LogP) is 3.74. The van der Waals surface area contributed by atoms with Crippen LogP contribution in [0.15, 0.2) is 54.7 Å². The Bertz CT molecular complexity index is 1530. The highest BCUT2D eigenvalue weighted by Crippen LogP contribution is 2.40. The number of primary amides is 1. The van der Waals surface area contributed by atoms with Crippen LogP contribution in [-0.4, -0.2) is 45.8 Å². The van der Waals surface area contributed by atoms with Crippen LogP contribution in [0.1, 0.15) is 35.2 Å². The lowest BCUT2D eigenvalue weighted by atomic mass is 9.83. The highest BCUT2D eigenvalue weighted by atomic mass is 19.1. The number of nitrogens with one attached hydrogen (secondary N) is 1. The maximum atomic E-state index is 16.0. The molecule has 1 saturated carbocycles. The number of rotatable bonds is 8. The van der Waals surface area contributed by atoms with Gasteiger partial charge >= 0.3 is 0 Å². The Balaban J connectivity index is 1.34. The van der Waals surface area contributed by atoms with Crippen molar-refractivity contribution < 1.29 is 18.4 Å². The second kappa shape index (κ2) is 10.9. The van der Waals surface area contributed by atoms with Gasteiger partial charge in [-0.3, -0.25) is 19.2 Å². The fraction of sp³-hybridized carbons (Fsp3) is 0.345. The number of hydrogen-bond donors (Lipinski definition) is 2. The van der Waals surface area contributed by atoms with E-state index in [1.165, 1.54) is 16.9 Å². The zero-order valence-electron chi connectivity index (χ0n) is 21.6. The molecule has 204 valence electrons. The Morgan fingerprint density at radius 2 is 1.95 bits per heavy atom. The Kier molecular flexibility index (Phi) is 7.33. The molecule has 4 unspecified atom stereocenters. The van der Waals surface area contributed by atoms with Crippen LogP contribution in [0.2, 0.25) is 0 Å². The van der Waals surface area contributed by atoms with Crippen LogP contribution in [-0.2, 0) is 16.9 Å². The molecule has 1 saturated heterocycles. The first kappa shape index (κ1) is 27.0. The molecule has 2 aromatic carbocycles. The van der Waals surface area contributed by atoms with Crippen molar-refractivity contribution in [2.75, 3.05) is 18.4 Å². The second-order valence-corrected chi connectivity index (χ2v) is 10.3. The summed E-state index contributed by atoms with van der Waals surface area (Å²) in [6.07, 6.45) is -0.0191. The fourth-order valence-corrected chi connectivity index (χ4v) is 5.25. The zero-order valence-corrected chi connectivity index (χ0v) is 21.6. The quantitative estimate of drug-likeness (QED) is 0.444. The first-order chi connectivity index (χ1) is 19.3. The van der Waals surface area contributed by atoms with E-state index in [-0.39, 0.29) is 37.3 Å². The van der Waals surface area contributed by atoms with Gasteiger partial charge in [-0.2, -0.15) is 15.6 Å². The monoisotopic (exact) mass is 543 g/mol. The molecule has 9 nitrogen and oxygen atoms in total. The summed E-state index contributed by atoms with van der Waals surface area (Å²) in [5, 5.41) is 25.4. The van der Waals surface area contributed by atoms with Gasteiger partial charge in [0.15, 0.2) is 5.82 Å². The van der Waals surface area contributed by atoms with Crippen LogP contribution < -0.4 is 11.1 Å². The van der Waals surface area contributed by atoms with Gasteiger partial charge in [-0.15, -0.1) is 0 Å². The van der Waals surface area contributed by atoms with Crippen LogP contribution in [0.4, 0.5) is 14.6 Å². The number of aromatic nitrogens is 2. The number of likely N-dealkylation sites (tertiary alicyclic amines) is 1. The summed E-state index contributed by atoms with van der Waals surface area (Å²) in [5.74, 6) is -2.78. The van der Waals surface area contributed by atoms with Crippen LogP contribution in [0.25, 0.3) is 11.1 Å². The standard InChI is InChI=1S/C29H27F2N7O2/c30-24-13-19(18-4-2-1-3-5-18)6-7-20(24)15-37-11-9-29(8-10-32,25(31)17-37)38-16-23(26(34)39)27(36-38)35-28(40)22-12-21(22)14-33/h1-7,13,16,21-22,25H,8-9,11-12,15,17H2,(H2,34,39)(H,35,36,40). The Morgan fingerprint density at radius 1 is 1.18 bits per heavy atom. The molecule has 3 aromatic rings. The predicted molar refractivity (Wildman–Crippen MR) is 141 cm³/mol. The van der Waals surface area contributed by atoms with Crippen LogP contribution in [0, 0.1) is 40.3 Å². The highest BCUT2D eigenvalue weighted by molar-refractivity contribution is 6.03. The molecule has 1 aliphatic heterocycles. The molecular formula is C29H27F2N7O2. The molecule has 4 atom stereocenters. The molecule has 1 aliphatic carbocycles. The van der Waals surface area contributed by atoms with Gasteiger partial charge in [0, 0.05) is 31.4 Å². The number of carbonyl (C=O) groups is 2. The third-order valence-corrected chi connectivity index (χ3v) is 7.77.